The zero-order valence-electron chi connectivity index (χ0n) is 22.2. The van der Waals surface area contributed by atoms with Gasteiger partial charge in [0, 0.05) is 0 Å². The van der Waals surface area contributed by atoms with E-state index < -0.39 is 41.5 Å². The number of ether oxygens (including phenoxy) is 3. The Kier molecular flexibility index (Phi) is 9.90. The second kappa shape index (κ2) is 12.2. The maximum atomic E-state index is 13.2. The van der Waals surface area contributed by atoms with Gasteiger partial charge in [0.1, 0.15) is 18.3 Å². The quantitative estimate of drug-likeness (QED) is 0.296. The van der Waals surface area contributed by atoms with E-state index in [4.69, 9.17) is 19.9 Å². The van der Waals surface area contributed by atoms with Gasteiger partial charge in [-0.1, -0.05) is 57.5 Å². The van der Waals surface area contributed by atoms with E-state index in [-0.39, 0.29) is 24.5 Å². The second-order valence-corrected chi connectivity index (χ2v) is 11.0. The average molecular weight is 505 g/mol. The molecule has 3 unspecified atom stereocenters. The highest BCUT2D eigenvalue weighted by atomic mass is 16.6. The lowest BCUT2D eigenvalue weighted by Gasteiger charge is -2.37. The Labute approximate surface area is 213 Å². The van der Waals surface area contributed by atoms with E-state index in [0.717, 1.165) is 12.8 Å². The van der Waals surface area contributed by atoms with Crippen molar-refractivity contribution in [2.75, 3.05) is 0 Å². The van der Waals surface area contributed by atoms with Gasteiger partial charge in [0.15, 0.2) is 0 Å². The number of esters is 2. The van der Waals surface area contributed by atoms with Crippen LogP contribution in [-0.4, -0.2) is 41.2 Å². The van der Waals surface area contributed by atoms with E-state index >= 15 is 0 Å². The van der Waals surface area contributed by atoms with Crippen LogP contribution in [0.5, 0.6) is 0 Å². The molecule has 1 aromatic rings. The van der Waals surface area contributed by atoms with Crippen molar-refractivity contribution in [2.24, 2.45) is 23.5 Å². The number of carbonyl (C=O) groups is 4. The Morgan fingerprint density at radius 3 is 2.28 bits per heavy atom. The molecule has 0 saturated heterocycles. The number of amides is 2. The van der Waals surface area contributed by atoms with E-state index in [1.807, 2.05) is 6.07 Å². The van der Waals surface area contributed by atoms with Gasteiger partial charge in [0.2, 0.25) is 5.54 Å². The lowest BCUT2D eigenvalue weighted by molar-refractivity contribution is -0.172. The van der Waals surface area contributed by atoms with Crippen molar-refractivity contribution in [3.8, 4) is 0 Å². The zero-order valence-corrected chi connectivity index (χ0v) is 22.2. The molecular weight excluding hydrogens is 464 g/mol. The van der Waals surface area contributed by atoms with Crippen molar-refractivity contribution in [3.63, 3.8) is 0 Å². The van der Waals surface area contributed by atoms with E-state index in [2.05, 4.69) is 26.1 Å². The molecule has 200 valence electrons. The van der Waals surface area contributed by atoms with E-state index in [9.17, 15) is 19.2 Å². The Balaban J connectivity index is 2.25. The second-order valence-electron chi connectivity index (χ2n) is 11.0. The largest absolute Gasteiger partial charge is 0.462 e. The van der Waals surface area contributed by atoms with Gasteiger partial charge < -0.3 is 19.9 Å². The lowest BCUT2D eigenvalue weighted by atomic mass is 9.75. The number of nitrogens with one attached hydrogen (secondary N) is 1. The molecule has 0 heterocycles. The Morgan fingerprint density at radius 1 is 1.08 bits per heavy atom. The fraction of sp³-hybridized carbons (Fsp3) is 0.630. The zero-order chi connectivity index (χ0) is 27.1. The van der Waals surface area contributed by atoms with Crippen LogP contribution in [0.2, 0.25) is 0 Å². The molecule has 1 fully saturated rings. The summed E-state index contributed by atoms with van der Waals surface area (Å²) in [7, 11) is 0. The smallest absolute Gasteiger partial charge is 0.408 e. The first-order valence-corrected chi connectivity index (χ1v) is 12.4. The van der Waals surface area contributed by atoms with Gasteiger partial charge in [-0.2, -0.15) is 0 Å². The van der Waals surface area contributed by atoms with Gasteiger partial charge in [0.05, 0.1) is 6.42 Å². The number of hydrogen-bond acceptors (Lipinski definition) is 7. The van der Waals surface area contributed by atoms with Crippen LogP contribution in [-0.2, 0) is 35.2 Å². The molecule has 0 aromatic heterocycles. The molecule has 1 aliphatic carbocycles. The van der Waals surface area contributed by atoms with Gasteiger partial charge >= 0.3 is 18.0 Å². The number of rotatable bonds is 9. The summed E-state index contributed by atoms with van der Waals surface area (Å²) in [6.45, 7) is 10.9. The molecule has 1 saturated carbocycles. The number of carbonyl (C=O) groups excluding carboxylic acids is 4. The topological polar surface area (TPSA) is 134 Å². The molecule has 2 rings (SSSR count). The summed E-state index contributed by atoms with van der Waals surface area (Å²) in [6, 6.07) is 8.86. The maximum Gasteiger partial charge on any atom is 0.408 e. The van der Waals surface area contributed by atoms with E-state index in [1.54, 1.807) is 45.0 Å². The van der Waals surface area contributed by atoms with Crippen molar-refractivity contribution in [3.05, 3.63) is 35.9 Å². The van der Waals surface area contributed by atoms with Crippen molar-refractivity contribution >= 4 is 23.9 Å². The number of benzene rings is 1. The van der Waals surface area contributed by atoms with Crippen molar-refractivity contribution < 1.29 is 33.4 Å². The summed E-state index contributed by atoms with van der Waals surface area (Å²) in [5, 5.41) is 2.22. The van der Waals surface area contributed by atoms with E-state index in [0.29, 0.717) is 17.9 Å². The average Bonchev–Trinajstić information content (AvgIpc) is 2.76. The number of primary amides is 1. The fourth-order valence-electron chi connectivity index (χ4n) is 4.39. The summed E-state index contributed by atoms with van der Waals surface area (Å²) >= 11 is 0. The van der Waals surface area contributed by atoms with Gasteiger partial charge in [-0.05, 0) is 56.9 Å². The molecule has 4 atom stereocenters. The molecule has 0 bridgehead atoms. The van der Waals surface area contributed by atoms with Gasteiger partial charge in [0.25, 0.3) is 5.91 Å². The molecule has 9 heteroatoms. The van der Waals surface area contributed by atoms with Crippen molar-refractivity contribution in [1.29, 1.82) is 0 Å². The third-order valence-corrected chi connectivity index (χ3v) is 6.35. The number of alkyl carbamates (subject to hydrolysis) is 1. The highest BCUT2D eigenvalue weighted by Gasteiger charge is 2.52. The Morgan fingerprint density at radius 2 is 1.72 bits per heavy atom. The van der Waals surface area contributed by atoms with Crippen molar-refractivity contribution in [2.45, 2.75) is 91.1 Å². The van der Waals surface area contributed by atoms with Gasteiger partial charge in [-0.15, -0.1) is 0 Å². The van der Waals surface area contributed by atoms with Gasteiger partial charge in [-0.25, -0.2) is 9.59 Å². The van der Waals surface area contributed by atoms with Gasteiger partial charge in [-0.3, -0.25) is 14.9 Å². The minimum Gasteiger partial charge on any atom is -0.462 e. The van der Waals surface area contributed by atoms with Crippen LogP contribution in [0.3, 0.4) is 0 Å². The Hall–Kier alpha value is -3.10. The summed E-state index contributed by atoms with van der Waals surface area (Å²) in [4.78, 5) is 51.6. The monoisotopic (exact) mass is 504 g/mol. The maximum absolute atomic E-state index is 13.2. The first-order chi connectivity index (χ1) is 16.7. The van der Waals surface area contributed by atoms with E-state index in [1.165, 1.54) is 0 Å². The predicted molar refractivity (Wildman–Crippen MR) is 133 cm³/mol. The summed E-state index contributed by atoms with van der Waals surface area (Å²) in [5.41, 5.74) is 2.79. The molecule has 1 aromatic carbocycles. The standard InChI is InChI=1S/C27H40N2O7/c1-17(2)20-13-12-18(3)14-21(20)35-22(30)15-27(23(28)31,24(32)36-26(4,5)6)29-25(33)34-16-19-10-8-7-9-11-19/h7-11,17-18,20-21H,12-16H2,1-6H3,(H2,28,31)(H,29,33)/t18?,20?,21?,27-/m1/s1. The molecule has 9 nitrogen and oxygen atoms in total. The van der Waals surface area contributed by atoms with Crippen LogP contribution in [0.4, 0.5) is 4.79 Å². The summed E-state index contributed by atoms with van der Waals surface area (Å²) in [6.07, 6.45) is 0.353. The molecule has 0 radical (unpaired) electrons. The molecule has 3 N–H and O–H groups in total. The first-order valence-electron chi connectivity index (χ1n) is 12.4. The summed E-state index contributed by atoms with van der Waals surface area (Å²) < 4.78 is 16.4. The molecule has 2 amide bonds. The molecule has 0 aliphatic heterocycles. The third kappa shape index (κ3) is 8.24. The lowest BCUT2D eigenvalue weighted by Crippen LogP contribution is -2.65. The summed E-state index contributed by atoms with van der Waals surface area (Å²) in [5.74, 6) is -2.42. The highest BCUT2D eigenvalue weighted by Crippen LogP contribution is 2.36. The van der Waals surface area contributed by atoms with Crippen LogP contribution in [0.1, 0.15) is 72.8 Å². The van der Waals surface area contributed by atoms with Crippen LogP contribution < -0.4 is 11.1 Å². The minimum absolute atomic E-state index is 0.115. The molecule has 36 heavy (non-hydrogen) atoms. The molecular formula is C27H40N2O7. The number of hydrogen-bond donors (Lipinski definition) is 2. The normalized spacial score (nSPS) is 21.7. The van der Waals surface area contributed by atoms with Crippen LogP contribution in [0, 0.1) is 17.8 Å². The SMILES string of the molecule is CC1CCC(C(C)C)C(OC(=O)C[C@@](NC(=O)OCc2ccccc2)(C(N)=O)C(=O)OC(C)(C)C)C1. The van der Waals surface area contributed by atoms with Crippen LogP contribution >= 0.6 is 0 Å². The van der Waals surface area contributed by atoms with Crippen LogP contribution in [0.25, 0.3) is 0 Å². The number of nitrogens with two attached hydrogens (primary N) is 1. The van der Waals surface area contributed by atoms with Crippen molar-refractivity contribution in [1.82, 2.24) is 5.32 Å². The predicted octanol–water partition coefficient (Wildman–Crippen LogP) is 3.87. The third-order valence-electron chi connectivity index (χ3n) is 6.35. The first kappa shape index (κ1) is 29.1. The molecule has 1 aliphatic rings. The highest BCUT2D eigenvalue weighted by molar-refractivity contribution is 6.11. The minimum atomic E-state index is -2.49. The Bertz CT molecular complexity index is 926. The molecule has 0 spiro atoms. The fourth-order valence-corrected chi connectivity index (χ4v) is 4.39. The van der Waals surface area contributed by atoms with Crippen LogP contribution in [0.15, 0.2) is 30.3 Å².